The molecule has 1 heterocycles. The van der Waals surface area contributed by atoms with Crippen LogP contribution in [0.15, 0.2) is 0 Å². The molecule has 86 valence electrons. The Bertz CT molecular complexity index is 283. The van der Waals surface area contributed by atoms with Gasteiger partial charge in [0, 0.05) is 26.2 Å². The lowest BCUT2D eigenvalue weighted by Gasteiger charge is -2.46. The number of hydrogen-bond acceptors (Lipinski definition) is 3. The van der Waals surface area contributed by atoms with E-state index in [1.165, 1.54) is 9.80 Å². The zero-order valence-corrected chi connectivity index (χ0v) is 8.51. The summed E-state index contributed by atoms with van der Waals surface area (Å²) in [5.41, 5.74) is 4.67. The molecule has 1 unspecified atom stereocenters. The number of nitrogens with two attached hydrogens (primary N) is 1. The first-order valence-corrected chi connectivity index (χ1v) is 4.59. The fraction of sp³-hybridized carbons (Fsp3) is 0.750. The van der Waals surface area contributed by atoms with Crippen molar-refractivity contribution >= 4 is 12.2 Å². The zero-order valence-electron chi connectivity index (χ0n) is 8.51. The van der Waals surface area contributed by atoms with Gasteiger partial charge in [0.15, 0.2) is 0 Å². The van der Waals surface area contributed by atoms with Crippen LogP contribution in [-0.2, 0) is 0 Å². The van der Waals surface area contributed by atoms with E-state index >= 15 is 0 Å². The summed E-state index contributed by atoms with van der Waals surface area (Å²) in [6.45, 7) is 2.22. The molecule has 0 aromatic carbocycles. The summed E-state index contributed by atoms with van der Waals surface area (Å²) in [5, 5.41) is 17.7. The molecule has 0 aromatic rings. The number of piperazine rings is 1. The zero-order chi connectivity index (χ0) is 11.6. The third kappa shape index (κ3) is 2.12. The Balaban J connectivity index is 2.83. The smallest absolute Gasteiger partial charge is 0.407 e. The first-order chi connectivity index (χ1) is 6.90. The van der Waals surface area contributed by atoms with Gasteiger partial charge < -0.3 is 20.8 Å². The topological polar surface area (TPSA) is 107 Å². The highest BCUT2D eigenvalue weighted by molar-refractivity contribution is 5.69. The third-order valence-electron chi connectivity index (χ3n) is 2.72. The van der Waals surface area contributed by atoms with Crippen molar-refractivity contribution in [2.45, 2.75) is 12.5 Å². The summed E-state index contributed by atoms with van der Waals surface area (Å²) < 4.78 is 0. The molecule has 7 nitrogen and oxygen atoms in total. The summed E-state index contributed by atoms with van der Waals surface area (Å²) in [5.74, 6) is 0. The summed E-state index contributed by atoms with van der Waals surface area (Å²) >= 11 is 0. The summed E-state index contributed by atoms with van der Waals surface area (Å²) in [6, 6.07) is 0. The van der Waals surface area contributed by atoms with Crippen molar-refractivity contribution in [3.8, 4) is 0 Å². The minimum Gasteiger partial charge on any atom is -0.465 e. The fourth-order valence-electron chi connectivity index (χ4n) is 1.73. The average molecular weight is 217 g/mol. The molecule has 1 aliphatic heterocycles. The van der Waals surface area contributed by atoms with Crippen molar-refractivity contribution < 1.29 is 19.8 Å². The number of carbonyl (C=O) groups is 2. The van der Waals surface area contributed by atoms with Gasteiger partial charge in [-0.25, -0.2) is 9.59 Å². The normalized spacial score (nSPS) is 26.5. The van der Waals surface area contributed by atoms with Crippen molar-refractivity contribution in [2.24, 2.45) is 5.73 Å². The molecule has 2 amide bonds. The van der Waals surface area contributed by atoms with Crippen molar-refractivity contribution in [3.05, 3.63) is 0 Å². The van der Waals surface area contributed by atoms with Crippen LogP contribution in [0.25, 0.3) is 0 Å². The Labute approximate surface area is 87.1 Å². The van der Waals surface area contributed by atoms with Crippen LogP contribution in [0.1, 0.15) is 6.92 Å². The number of hydrogen-bond donors (Lipinski definition) is 3. The fourth-order valence-corrected chi connectivity index (χ4v) is 1.73. The SMILES string of the molecule is CC1(CN)CN(C(=O)O)CCN1C(=O)O. The summed E-state index contributed by atoms with van der Waals surface area (Å²) in [6.07, 6.45) is -2.10. The molecule has 0 radical (unpaired) electrons. The number of nitrogens with zero attached hydrogens (tertiary/aromatic N) is 2. The highest BCUT2D eigenvalue weighted by Crippen LogP contribution is 2.20. The van der Waals surface area contributed by atoms with E-state index in [2.05, 4.69) is 0 Å². The van der Waals surface area contributed by atoms with E-state index in [1.54, 1.807) is 6.92 Å². The molecule has 1 fully saturated rings. The third-order valence-corrected chi connectivity index (χ3v) is 2.72. The van der Waals surface area contributed by atoms with Crippen molar-refractivity contribution in [3.63, 3.8) is 0 Å². The summed E-state index contributed by atoms with van der Waals surface area (Å²) in [4.78, 5) is 24.1. The van der Waals surface area contributed by atoms with Gasteiger partial charge in [-0.3, -0.25) is 4.90 Å². The Morgan fingerprint density at radius 1 is 1.33 bits per heavy atom. The molecule has 1 aliphatic rings. The molecule has 1 rings (SSSR count). The lowest BCUT2D eigenvalue weighted by molar-refractivity contribution is 0.0232. The number of amides is 2. The van der Waals surface area contributed by atoms with Crippen molar-refractivity contribution in [1.29, 1.82) is 0 Å². The van der Waals surface area contributed by atoms with E-state index < -0.39 is 17.7 Å². The Kier molecular flexibility index (Phi) is 3.04. The molecule has 0 aliphatic carbocycles. The van der Waals surface area contributed by atoms with Gasteiger partial charge >= 0.3 is 12.2 Å². The quantitative estimate of drug-likeness (QED) is 0.557. The Morgan fingerprint density at radius 2 is 1.93 bits per heavy atom. The van der Waals surface area contributed by atoms with Gasteiger partial charge in [-0.15, -0.1) is 0 Å². The van der Waals surface area contributed by atoms with Gasteiger partial charge in [-0.05, 0) is 6.92 Å². The van der Waals surface area contributed by atoms with Gasteiger partial charge in [0.25, 0.3) is 0 Å². The van der Waals surface area contributed by atoms with E-state index in [0.717, 1.165) is 0 Å². The first kappa shape index (κ1) is 11.6. The molecule has 0 aromatic heterocycles. The van der Waals surface area contributed by atoms with Crippen LogP contribution in [0.3, 0.4) is 0 Å². The van der Waals surface area contributed by atoms with E-state index in [9.17, 15) is 9.59 Å². The monoisotopic (exact) mass is 217 g/mol. The summed E-state index contributed by atoms with van der Waals surface area (Å²) in [7, 11) is 0. The minimum absolute atomic E-state index is 0.100. The maximum absolute atomic E-state index is 10.9. The molecule has 1 saturated heterocycles. The molecule has 0 spiro atoms. The van der Waals surface area contributed by atoms with Gasteiger partial charge in [0.05, 0.1) is 5.54 Å². The van der Waals surface area contributed by atoms with E-state index in [-0.39, 0.29) is 26.2 Å². The van der Waals surface area contributed by atoms with Crippen molar-refractivity contribution in [1.82, 2.24) is 9.80 Å². The second kappa shape index (κ2) is 3.93. The second-order valence-electron chi connectivity index (χ2n) is 3.84. The van der Waals surface area contributed by atoms with Crippen LogP contribution in [0.4, 0.5) is 9.59 Å². The molecule has 15 heavy (non-hydrogen) atoms. The molecule has 4 N–H and O–H groups in total. The van der Waals surface area contributed by atoms with Crippen LogP contribution in [0.5, 0.6) is 0 Å². The predicted molar refractivity (Wildman–Crippen MR) is 51.8 cm³/mol. The molecule has 7 heteroatoms. The van der Waals surface area contributed by atoms with Crippen LogP contribution < -0.4 is 5.73 Å². The van der Waals surface area contributed by atoms with Crippen LogP contribution >= 0.6 is 0 Å². The van der Waals surface area contributed by atoms with Crippen LogP contribution in [0.2, 0.25) is 0 Å². The minimum atomic E-state index is -1.06. The van der Waals surface area contributed by atoms with Gasteiger partial charge in [0.2, 0.25) is 0 Å². The lowest BCUT2D eigenvalue weighted by atomic mass is 9.97. The van der Waals surface area contributed by atoms with Crippen LogP contribution in [-0.4, -0.2) is 63.9 Å². The number of carboxylic acid groups (broad SMARTS) is 2. The van der Waals surface area contributed by atoms with Gasteiger partial charge in [-0.2, -0.15) is 0 Å². The lowest BCUT2D eigenvalue weighted by Crippen LogP contribution is -2.65. The molecule has 1 atom stereocenters. The molecule has 0 saturated carbocycles. The van der Waals surface area contributed by atoms with E-state index in [0.29, 0.717) is 0 Å². The predicted octanol–water partition coefficient (Wildman–Crippen LogP) is -0.323. The first-order valence-electron chi connectivity index (χ1n) is 4.59. The standard InChI is InChI=1S/C8H15N3O4/c1-8(4-9)5-10(6(12)13)2-3-11(8)7(14)15/h2-5,9H2,1H3,(H,12,13)(H,14,15). The molecule has 0 bridgehead atoms. The van der Waals surface area contributed by atoms with Crippen LogP contribution in [0, 0.1) is 0 Å². The number of rotatable bonds is 1. The maximum atomic E-state index is 10.9. The Hall–Kier alpha value is -1.50. The molecular weight excluding hydrogens is 202 g/mol. The highest BCUT2D eigenvalue weighted by Gasteiger charge is 2.40. The maximum Gasteiger partial charge on any atom is 0.407 e. The average Bonchev–Trinajstić information content (AvgIpc) is 2.17. The largest absolute Gasteiger partial charge is 0.465 e. The van der Waals surface area contributed by atoms with Crippen molar-refractivity contribution in [2.75, 3.05) is 26.2 Å². The molecular formula is C8H15N3O4. The van der Waals surface area contributed by atoms with Gasteiger partial charge in [0.1, 0.15) is 0 Å². The van der Waals surface area contributed by atoms with Gasteiger partial charge in [-0.1, -0.05) is 0 Å². The highest BCUT2D eigenvalue weighted by atomic mass is 16.4. The Morgan fingerprint density at radius 3 is 2.33 bits per heavy atom. The van der Waals surface area contributed by atoms with E-state index in [4.69, 9.17) is 15.9 Å². The second-order valence-corrected chi connectivity index (χ2v) is 3.84. The van der Waals surface area contributed by atoms with E-state index in [1.807, 2.05) is 0 Å².